The predicted molar refractivity (Wildman–Crippen MR) is 140 cm³/mol. The zero-order valence-electron chi connectivity index (χ0n) is 21.6. The molecule has 0 spiro atoms. The Morgan fingerprint density at radius 1 is 0.750 bits per heavy atom. The average Bonchev–Trinajstić information content (AvgIpc) is 2.78. The van der Waals surface area contributed by atoms with E-state index in [0.717, 1.165) is 25.7 Å². The van der Waals surface area contributed by atoms with Crippen molar-refractivity contribution in [2.24, 2.45) is 5.92 Å². The number of hydrogen-bond acceptors (Lipinski definition) is 3. The first kappa shape index (κ1) is 31.4. The van der Waals surface area contributed by atoms with Gasteiger partial charge in [0.05, 0.1) is 17.3 Å². The van der Waals surface area contributed by atoms with Gasteiger partial charge >= 0.3 is 5.97 Å². The highest BCUT2D eigenvalue weighted by atomic mass is 79.9. The second kappa shape index (κ2) is 22.2. The molecule has 0 aliphatic rings. The van der Waals surface area contributed by atoms with Crippen LogP contribution in [-0.4, -0.2) is 41.3 Å². The van der Waals surface area contributed by atoms with E-state index >= 15 is 0 Å². The lowest BCUT2D eigenvalue weighted by atomic mass is 9.94. The van der Waals surface area contributed by atoms with Gasteiger partial charge in [-0.2, -0.15) is 0 Å². The fourth-order valence-electron chi connectivity index (χ4n) is 4.13. The molecule has 0 saturated carbocycles. The minimum absolute atomic E-state index is 0.0159. The summed E-state index contributed by atoms with van der Waals surface area (Å²) in [7, 11) is 0. The SMILES string of the molecule is CCCCCCCCCC(CCCCCCCCC)C(=O)OCCN(CC)C(=O)C(C)Br. The molecular formula is C27H52BrNO3. The van der Waals surface area contributed by atoms with Crippen molar-refractivity contribution in [3.63, 3.8) is 0 Å². The molecule has 32 heavy (non-hydrogen) atoms. The lowest BCUT2D eigenvalue weighted by molar-refractivity contribution is -0.150. The number of carbonyl (C=O) groups is 2. The van der Waals surface area contributed by atoms with Crippen LogP contribution in [0.4, 0.5) is 0 Å². The van der Waals surface area contributed by atoms with E-state index in [9.17, 15) is 9.59 Å². The first-order valence-corrected chi connectivity index (χ1v) is 14.5. The molecule has 0 rings (SSSR count). The largest absolute Gasteiger partial charge is 0.464 e. The average molecular weight is 519 g/mol. The van der Waals surface area contributed by atoms with E-state index in [0.29, 0.717) is 19.7 Å². The van der Waals surface area contributed by atoms with Crippen LogP contribution < -0.4 is 0 Å². The zero-order valence-corrected chi connectivity index (χ0v) is 23.2. The third kappa shape index (κ3) is 17.0. The maximum atomic E-state index is 12.8. The van der Waals surface area contributed by atoms with Crippen LogP contribution in [0.15, 0.2) is 0 Å². The third-order valence-electron chi connectivity index (χ3n) is 6.28. The lowest BCUT2D eigenvalue weighted by Crippen LogP contribution is -2.38. The molecule has 1 unspecified atom stereocenters. The smallest absolute Gasteiger partial charge is 0.308 e. The number of unbranched alkanes of at least 4 members (excludes halogenated alkanes) is 12. The summed E-state index contributed by atoms with van der Waals surface area (Å²) >= 11 is 3.34. The maximum absolute atomic E-state index is 12.8. The second-order valence-corrected chi connectivity index (χ2v) is 10.6. The molecule has 0 bridgehead atoms. The van der Waals surface area contributed by atoms with Gasteiger partial charge in [0.25, 0.3) is 0 Å². The molecule has 0 radical (unpaired) electrons. The van der Waals surface area contributed by atoms with Crippen molar-refractivity contribution in [2.75, 3.05) is 19.7 Å². The highest BCUT2D eigenvalue weighted by Crippen LogP contribution is 2.21. The Labute approximate surface area is 207 Å². The number of alkyl halides is 1. The molecule has 0 aromatic carbocycles. The van der Waals surface area contributed by atoms with Crippen LogP contribution in [0, 0.1) is 5.92 Å². The molecule has 5 heteroatoms. The predicted octanol–water partition coefficient (Wildman–Crippen LogP) is 8.06. The summed E-state index contributed by atoms with van der Waals surface area (Å²) in [5.41, 5.74) is 0. The normalized spacial score (nSPS) is 12.2. The van der Waals surface area contributed by atoms with Gasteiger partial charge in [0.1, 0.15) is 6.61 Å². The van der Waals surface area contributed by atoms with E-state index in [2.05, 4.69) is 29.8 Å². The first-order valence-electron chi connectivity index (χ1n) is 13.6. The fraction of sp³-hybridized carbons (Fsp3) is 0.926. The summed E-state index contributed by atoms with van der Waals surface area (Å²) < 4.78 is 5.64. The number of esters is 1. The van der Waals surface area contributed by atoms with Gasteiger partial charge in [-0.05, 0) is 26.7 Å². The number of amides is 1. The molecule has 1 atom stereocenters. The third-order valence-corrected chi connectivity index (χ3v) is 6.68. The summed E-state index contributed by atoms with van der Waals surface area (Å²) in [6.45, 7) is 9.68. The molecule has 4 nitrogen and oxygen atoms in total. The van der Waals surface area contributed by atoms with Crippen LogP contribution in [-0.2, 0) is 14.3 Å². The van der Waals surface area contributed by atoms with Crippen molar-refractivity contribution in [3.05, 3.63) is 0 Å². The Hall–Kier alpha value is -0.580. The van der Waals surface area contributed by atoms with Gasteiger partial charge < -0.3 is 9.64 Å². The number of ether oxygens (including phenoxy) is 1. The van der Waals surface area contributed by atoms with Crippen LogP contribution in [0.5, 0.6) is 0 Å². The van der Waals surface area contributed by atoms with Gasteiger partial charge in [-0.3, -0.25) is 9.59 Å². The molecule has 0 fully saturated rings. The molecule has 0 aromatic rings. The number of likely N-dealkylation sites (N-methyl/N-ethyl adjacent to an activating group) is 1. The number of carbonyl (C=O) groups excluding carboxylic acids is 2. The molecule has 0 aromatic heterocycles. The van der Waals surface area contributed by atoms with E-state index in [1.807, 2.05) is 13.8 Å². The summed E-state index contributed by atoms with van der Waals surface area (Å²) in [4.78, 5) is 26.5. The molecule has 0 aliphatic heterocycles. The number of hydrogen-bond donors (Lipinski definition) is 0. The van der Waals surface area contributed by atoms with Gasteiger partial charge in [-0.15, -0.1) is 0 Å². The standard InChI is InChI=1S/C27H52BrNO3/c1-5-8-10-12-14-16-18-20-25(21-19-17-15-13-11-9-6-2)27(31)32-23-22-29(7-3)26(30)24(4)28/h24-25H,5-23H2,1-4H3. The highest BCUT2D eigenvalue weighted by Gasteiger charge is 2.21. The lowest BCUT2D eigenvalue weighted by Gasteiger charge is -2.23. The molecule has 0 heterocycles. The van der Waals surface area contributed by atoms with Crippen molar-refractivity contribution >= 4 is 27.8 Å². The fourth-order valence-corrected chi connectivity index (χ4v) is 4.42. The Morgan fingerprint density at radius 2 is 1.19 bits per heavy atom. The molecule has 0 saturated heterocycles. The molecular weight excluding hydrogens is 466 g/mol. The van der Waals surface area contributed by atoms with Gasteiger partial charge in [-0.1, -0.05) is 120 Å². The Morgan fingerprint density at radius 3 is 1.59 bits per heavy atom. The van der Waals surface area contributed by atoms with Crippen LogP contribution >= 0.6 is 15.9 Å². The number of nitrogens with zero attached hydrogens (tertiary/aromatic N) is 1. The van der Waals surface area contributed by atoms with Crippen molar-refractivity contribution < 1.29 is 14.3 Å². The quantitative estimate of drug-likeness (QED) is 0.0827. The van der Waals surface area contributed by atoms with E-state index in [1.165, 1.54) is 77.0 Å². The van der Waals surface area contributed by atoms with Gasteiger partial charge in [-0.25, -0.2) is 0 Å². The first-order chi connectivity index (χ1) is 15.5. The number of halogens is 1. The second-order valence-electron chi connectivity index (χ2n) is 9.22. The minimum Gasteiger partial charge on any atom is -0.464 e. The zero-order chi connectivity index (χ0) is 24.0. The Bertz CT molecular complexity index is 438. The van der Waals surface area contributed by atoms with Crippen LogP contribution in [0.1, 0.15) is 130 Å². The summed E-state index contributed by atoms with van der Waals surface area (Å²) in [6, 6.07) is 0. The van der Waals surface area contributed by atoms with E-state index in [-0.39, 0.29) is 22.6 Å². The molecule has 0 aliphatic carbocycles. The summed E-state index contributed by atoms with van der Waals surface area (Å²) in [5.74, 6) is 0.00534. The Balaban J connectivity index is 4.39. The highest BCUT2D eigenvalue weighted by molar-refractivity contribution is 9.10. The summed E-state index contributed by atoms with van der Waals surface area (Å²) in [5, 5.41) is 0. The molecule has 0 N–H and O–H groups in total. The van der Waals surface area contributed by atoms with Crippen molar-refractivity contribution in [2.45, 2.75) is 135 Å². The van der Waals surface area contributed by atoms with E-state index in [1.54, 1.807) is 4.90 Å². The molecule has 1 amide bonds. The van der Waals surface area contributed by atoms with Gasteiger partial charge in [0, 0.05) is 6.54 Å². The molecule has 190 valence electrons. The van der Waals surface area contributed by atoms with Gasteiger partial charge in [0.15, 0.2) is 0 Å². The number of rotatable bonds is 22. The topological polar surface area (TPSA) is 46.6 Å². The van der Waals surface area contributed by atoms with E-state index < -0.39 is 0 Å². The van der Waals surface area contributed by atoms with Gasteiger partial charge in [0.2, 0.25) is 5.91 Å². The van der Waals surface area contributed by atoms with Crippen molar-refractivity contribution in [3.8, 4) is 0 Å². The Kier molecular flexibility index (Phi) is 21.8. The van der Waals surface area contributed by atoms with Crippen molar-refractivity contribution in [1.29, 1.82) is 0 Å². The van der Waals surface area contributed by atoms with Crippen molar-refractivity contribution in [1.82, 2.24) is 4.90 Å². The maximum Gasteiger partial charge on any atom is 0.308 e. The van der Waals surface area contributed by atoms with E-state index in [4.69, 9.17) is 4.74 Å². The van der Waals surface area contributed by atoms with Crippen LogP contribution in [0.25, 0.3) is 0 Å². The monoisotopic (exact) mass is 517 g/mol. The minimum atomic E-state index is -0.208. The van der Waals surface area contributed by atoms with Crippen LogP contribution in [0.2, 0.25) is 0 Å². The van der Waals surface area contributed by atoms with Crippen LogP contribution in [0.3, 0.4) is 0 Å². The summed E-state index contributed by atoms with van der Waals surface area (Å²) in [6.07, 6.45) is 19.6.